The van der Waals surface area contributed by atoms with Gasteiger partial charge < -0.3 is 4.52 Å². The van der Waals surface area contributed by atoms with Crippen LogP contribution in [0.5, 0.6) is 0 Å². The summed E-state index contributed by atoms with van der Waals surface area (Å²) in [4.78, 5) is 11.8. The minimum absolute atomic E-state index is 0.602. The highest BCUT2D eigenvalue weighted by molar-refractivity contribution is 5.56. The number of hydrogen-bond donors (Lipinski definition) is 0. The Hall–Kier alpha value is -2.53. The molecule has 2 aromatic heterocycles. The van der Waals surface area contributed by atoms with Crippen molar-refractivity contribution in [2.75, 3.05) is 6.54 Å². The fraction of sp³-hybridized carbons (Fsp3) is 0.350. The maximum atomic E-state index is 5.52. The van der Waals surface area contributed by atoms with E-state index in [1.54, 1.807) is 0 Å². The lowest BCUT2D eigenvalue weighted by Crippen LogP contribution is -2.31. The standard InChI is InChI=1S/C20H20N4O/c1-2-4-14(5-3-1)19-10-17(23-25-19)12-24-9-8-16-11-21-20(15-6-7-15)22-18(16)13-24/h1-5,10-11,15H,6-9,12-13H2. The summed E-state index contributed by atoms with van der Waals surface area (Å²) in [5.41, 5.74) is 4.52. The fourth-order valence-corrected chi connectivity index (χ4v) is 3.40. The summed E-state index contributed by atoms with van der Waals surface area (Å²) >= 11 is 0. The third kappa shape index (κ3) is 3.07. The molecule has 1 fully saturated rings. The third-order valence-corrected chi connectivity index (χ3v) is 4.99. The number of fused-ring (bicyclic) bond motifs is 1. The minimum Gasteiger partial charge on any atom is -0.356 e. The SMILES string of the molecule is c1ccc(-c2cc(CN3CCc4cnc(C5CC5)nc4C3)no2)cc1. The molecule has 2 aliphatic rings. The van der Waals surface area contributed by atoms with E-state index in [4.69, 9.17) is 9.51 Å². The number of aromatic nitrogens is 3. The normalized spacial score (nSPS) is 17.4. The lowest BCUT2D eigenvalue weighted by Gasteiger charge is -2.27. The summed E-state index contributed by atoms with van der Waals surface area (Å²) < 4.78 is 5.52. The van der Waals surface area contributed by atoms with Crippen LogP contribution in [0, 0.1) is 0 Å². The van der Waals surface area contributed by atoms with Crippen LogP contribution in [0.1, 0.15) is 41.5 Å². The van der Waals surface area contributed by atoms with Crippen molar-refractivity contribution in [3.05, 3.63) is 65.4 Å². The van der Waals surface area contributed by atoms with Crippen molar-refractivity contribution in [3.8, 4) is 11.3 Å². The fourth-order valence-electron chi connectivity index (χ4n) is 3.40. The first-order chi connectivity index (χ1) is 12.3. The van der Waals surface area contributed by atoms with Crippen LogP contribution >= 0.6 is 0 Å². The van der Waals surface area contributed by atoms with E-state index in [-0.39, 0.29) is 0 Å². The first-order valence-electron chi connectivity index (χ1n) is 8.93. The van der Waals surface area contributed by atoms with Crippen LogP contribution in [0.25, 0.3) is 11.3 Å². The maximum absolute atomic E-state index is 5.52. The van der Waals surface area contributed by atoms with Gasteiger partial charge in [-0.3, -0.25) is 4.90 Å². The molecule has 0 bridgehead atoms. The second kappa shape index (κ2) is 6.08. The number of nitrogens with zero attached hydrogens (tertiary/aromatic N) is 4. The summed E-state index contributed by atoms with van der Waals surface area (Å²) in [5.74, 6) is 2.46. The number of rotatable bonds is 4. The van der Waals surface area contributed by atoms with E-state index in [0.29, 0.717) is 5.92 Å². The van der Waals surface area contributed by atoms with Gasteiger partial charge >= 0.3 is 0 Å². The Morgan fingerprint density at radius 1 is 1.16 bits per heavy atom. The molecule has 1 aromatic carbocycles. The van der Waals surface area contributed by atoms with Crippen LogP contribution in [0.3, 0.4) is 0 Å². The number of hydrogen-bond acceptors (Lipinski definition) is 5. The Bertz CT molecular complexity index is 886. The zero-order valence-electron chi connectivity index (χ0n) is 14.1. The van der Waals surface area contributed by atoms with Crippen LogP contribution in [-0.2, 0) is 19.5 Å². The molecule has 0 atom stereocenters. The quantitative estimate of drug-likeness (QED) is 0.731. The molecule has 1 aliphatic carbocycles. The monoisotopic (exact) mass is 332 g/mol. The smallest absolute Gasteiger partial charge is 0.167 e. The van der Waals surface area contributed by atoms with Gasteiger partial charge in [0.15, 0.2) is 5.76 Å². The molecule has 0 N–H and O–H groups in total. The largest absolute Gasteiger partial charge is 0.356 e. The van der Waals surface area contributed by atoms with E-state index in [0.717, 1.165) is 48.9 Å². The maximum Gasteiger partial charge on any atom is 0.167 e. The van der Waals surface area contributed by atoms with Crippen molar-refractivity contribution in [3.63, 3.8) is 0 Å². The van der Waals surface area contributed by atoms with Gasteiger partial charge in [0.05, 0.1) is 11.4 Å². The van der Waals surface area contributed by atoms with E-state index in [1.165, 1.54) is 24.1 Å². The van der Waals surface area contributed by atoms with Gasteiger partial charge in [-0.1, -0.05) is 35.5 Å². The zero-order valence-corrected chi connectivity index (χ0v) is 14.1. The Labute approximate surface area is 146 Å². The molecule has 1 aliphatic heterocycles. The van der Waals surface area contributed by atoms with Crippen LogP contribution in [0.4, 0.5) is 0 Å². The van der Waals surface area contributed by atoms with Gasteiger partial charge in [0.25, 0.3) is 0 Å². The van der Waals surface area contributed by atoms with E-state index in [2.05, 4.69) is 15.0 Å². The molecule has 1 saturated carbocycles. The molecule has 0 radical (unpaired) electrons. The van der Waals surface area contributed by atoms with Gasteiger partial charge in [0.1, 0.15) is 5.82 Å². The molecule has 0 unspecified atom stereocenters. The summed E-state index contributed by atoms with van der Waals surface area (Å²) in [6.45, 7) is 2.66. The average Bonchev–Trinajstić information content (AvgIpc) is 3.41. The predicted molar refractivity (Wildman–Crippen MR) is 93.8 cm³/mol. The zero-order chi connectivity index (χ0) is 16.6. The first-order valence-corrected chi connectivity index (χ1v) is 8.93. The van der Waals surface area contributed by atoms with Crippen LogP contribution in [0.2, 0.25) is 0 Å². The van der Waals surface area contributed by atoms with Crippen LogP contribution in [-0.4, -0.2) is 26.6 Å². The third-order valence-electron chi connectivity index (χ3n) is 4.99. The van der Waals surface area contributed by atoms with Crippen LogP contribution < -0.4 is 0 Å². The Kier molecular flexibility index (Phi) is 3.59. The molecule has 3 heterocycles. The molecule has 126 valence electrons. The molecule has 3 aromatic rings. The lowest BCUT2D eigenvalue weighted by molar-refractivity contribution is 0.233. The van der Waals surface area contributed by atoms with Crippen molar-refractivity contribution in [1.82, 2.24) is 20.0 Å². The Balaban J connectivity index is 1.31. The molecular weight excluding hydrogens is 312 g/mol. The molecule has 25 heavy (non-hydrogen) atoms. The van der Waals surface area contributed by atoms with Crippen molar-refractivity contribution < 1.29 is 4.52 Å². The van der Waals surface area contributed by atoms with Gasteiger partial charge in [-0.25, -0.2) is 9.97 Å². The number of benzene rings is 1. The highest BCUT2D eigenvalue weighted by Gasteiger charge is 2.28. The predicted octanol–water partition coefficient (Wildman–Crippen LogP) is 3.57. The van der Waals surface area contributed by atoms with Gasteiger partial charge in [-0.05, 0) is 24.8 Å². The van der Waals surface area contributed by atoms with E-state index >= 15 is 0 Å². The molecule has 5 nitrogen and oxygen atoms in total. The molecule has 0 amide bonds. The highest BCUT2D eigenvalue weighted by atomic mass is 16.5. The minimum atomic E-state index is 0.602. The second-order valence-electron chi connectivity index (χ2n) is 6.98. The van der Waals surface area contributed by atoms with Crippen molar-refractivity contribution in [2.24, 2.45) is 0 Å². The second-order valence-corrected chi connectivity index (χ2v) is 6.98. The summed E-state index contributed by atoms with van der Waals surface area (Å²) in [6, 6.07) is 12.1. The van der Waals surface area contributed by atoms with E-state index < -0.39 is 0 Å². The van der Waals surface area contributed by atoms with E-state index in [9.17, 15) is 0 Å². The summed E-state index contributed by atoms with van der Waals surface area (Å²) in [6.07, 6.45) is 5.52. The molecule has 0 saturated heterocycles. The van der Waals surface area contributed by atoms with Gasteiger partial charge in [-0.2, -0.15) is 0 Å². The average molecular weight is 332 g/mol. The topological polar surface area (TPSA) is 55.1 Å². The van der Waals surface area contributed by atoms with E-state index in [1.807, 2.05) is 42.6 Å². The van der Waals surface area contributed by atoms with Crippen LogP contribution in [0.15, 0.2) is 47.1 Å². The Morgan fingerprint density at radius 3 is 2.88 bits per heavy atom. The first kappa shape index (κ1) is 14.8. The van der Waals surface area contributed by atoms with Crippen molar-refractivity contribution in [1.29, 1.82) is 0 Å². The Morgan fingerprint density at radius 2 is 2.04 bits per heavy atom. The van der Waals surface area contributed by atoms with Crippen molar-refractivity contribution in [2.45, 2.75) is 38.3 Å². The van der Waals surface area contributed by atoms with Gasteiger partial charge in [0.2, 0.25) is 0 Å². The lowest BCUT2D eigenvalue weighted by atomic mass is 10.1. The molecule has 5 heteroatoms. The van der Waals surface area contributed by atoms with Gasteiger partial charge in [0, 0.05) is 43.4 Å². The van der Waals surface area contributed by atoms with Crippen molar-refractivity contribution >= 4 is 0 Å². The molecular formula is C20H20N4O. The molecule has 0 spiro atoms. The summed E-state index contributed by atoms with van der Waals surface area (Å²) in [7, 11) is 0. The summed E-state index contributed by atoms with van der Waals surface area (Å²) in [5, 5.41) is 4.25. The molecule has 5 rings (SSSR count). The van der Waals surface area contributed by atoms with Gasteiger partial charge in [-0.15, -0.1) is 0 Å². The highest BCUT2D eigenvalue weighted by Crippen LogP contribution is 2.38.